The maximum absolute atomic E-state index is 12.4. The average molecular weight is 475 g/mol. The van der Waals surface area contributed by atoms with Gasteiger partial charge in [0.15, 0.2) is 18.1 Å². The summed E-state index contributed by atoms with van der Waals surface area (Å²) in [5.41, 5.74) is 4.74. The Morgan fingerprint density at radius 3 is 2.34 bits per heavy atom. The zero-order valence-electron chi connectivity index (χ0n) is 19.7. The van der Waals surface area contributed by atoms with E-state index in [0.717, 1.165) is 0 Å². The van der Waals surface area contributed by atoms with Crippen LogP contribution in [-0.2, 0) is 10.2 Å². The largest absolute Gasteiger partial charge is 0.484 e. The molecule has 8 nitrogen and oxygen atoms in total. The van der Waals surface area contributed by atoms with Gasteiger partial charge in [-0.25, -0.2) is 10.2 Å². The minimum Gasteiger partial charge on any atom is -0.484 e. The summed E-state index contributed by atoms with van der Waals surface area (Å²) in [5.74, 6) is 1.21. The Bertz CT molecular complexity index is 1230. The van der Waals surface area contributed by atoms with E-state index in [2.05, 4.69) is 31.3 Å². The molecule has 0 aliphatic carbocycles. The number of fused-ring (bicyclic) bond motifs is 1. The SMILES string of the molecule is CC(C)(C)c1ccc(OCC(=O)NN=Cc2ccc(OC(=O)c3ccc4c(c3)OCO4)cc2)cc1. The van der Waals surface area contributed by atoms with Crippen LogP contribution in [0.5, 0.6) is 23.0 Å². The van der Waals surface area contributed by atoms with Gasteiger partial charge >= 0.3 is 5.97 Å². The predicted octanol–water partition coefficient (Wildman–Crippen LogP) is 4.46. The lowest BCUT2D eigenvalue weighted by Crippen LogP contribution is -2.24. The van der Waals surface area contributed by atoms with Crippen LogP contribution in [0, 0.1) is 0 Å². The van der Waals surface area contributed by atoms with Gasteiger partial charge in [0.1, 0.15) is 11.5 Å². The van der Waals surface area contributed by atoms with Gasteiger partial charge in [0.25, 0.3) is 5.91 Å². The van der Waals surface area contributed by atoms with Crippen molar-refractivity contribution in [1.29, 1.82) is 0 Å². The van der Waals surface area contributed by atoms with E-state index in [4.69, 9.17) is 18.9 Å². The highest BCUT2D eigenvalue weighted by Crippen LogP contribution is 2.32. The molecule has 0 aromatic heterocycles. The molecule has 1 aliphatic heterocycles. The third kappa shape index (κ3) is 6.38. The summed E-state index contributed by atoms with van der Waals surface area (Å²) >= 11 is 0. The number of benzene rings is 3. The highest BCUT2D eigenvalue weighted by molar-refractivity contribution is 5.92. The molecule has 0 saturated carbocycles. The van der Waals surface area contributed by atoms with Crippen molar-refractivity contribution in [3.8, 4) is 23.0 Å². The first-order chi connectivity index (χ1) is 16.8. The van der Waals surface area contributed by atoms with Crippen molar-refractivity contribution >= 4 is 18.1 Å². The molecule has 1 N–H and O–H groups in total. The number of hydrogen-bond donors (Lipinski definition) is 1. The van der Waals surface area contributed by atoms with E-state index >= 15 is 0 Å². The summed E-state index contributed by atoms with van der Waals surface area (Å²) in [5, 5.41) is 3.93. The fourth-order valence-electron chi connectivity index (χ4n) is 3.22. The van der Waals surface area contributed by atoms with E-state index in [1.54, 1.807) is 42.5 Å². The first-order valence-corrected chi connectivity index (χ1v) is 11.0. The number of amides is 1. The molecule has 0 bridgehead atoms. The molecule has 0 spiro atoms. The number of nitrogens with one attached hydrogen (secondary N) is 1. The van der Waals surface area contributed by atoms with Gasteiger partial charge in [0.2, 0.25) is 6.79 Å². The second-order valence-corrected chi connectivity index (χ2v) is 8.88. The molecular weight excluding hydrogens is 448 g/mol. The van der Waals surface area contributed by atoms with E-state index in [1.165, 1.54) is 11.8 Å². The number of hydrogen-bond acceptors (Lipinski definition) is 7. The van der Waals surface area contributed by atoms with Crippen molar-refractivity contribution in [2.45, 2.75) is 26.2 Å². The molecule has 0 unspecified atom stereocenters. The minimum absolute atomic E-state index is 0.0532. The van der Waals surface area contributed by atoms with E-state index in [0.29, 0.717) is 34.1 Å². The van der Waals surface area contributed by atoms with E-state index in [1.807, 2.05) is 24.3 Å². The first kappa shape index (κ1) is 23.8. The van der Waals surface area contributed by atoms with Gasteiger partial charge in [-0.05, 0) is 71.1 Å². The number of nitrogens with zero attached hydrogens (tertiary/aromatic N) is 1. The van der Waals surface area contributed by atoms with Crippen molar-refractivity contribution in [2.75, 3.05) is 13.4 Å². The van der Waals surface area contributed by atoms with Crippen LogP contribution in [-0.4, -0.2) is 31.5 Å². The lowest BCUT2D eigenvalue weighted by atomic mass is 9.87. The van der Waals surface area contributed by atoms with Crippen molar-refractivity contribution in [2.24, 2.45) is 5.10 Å². The number of ether oxygens (including phenoxy) is 4. The Hall–Kier alpha value is -4.33. The maximum atomic E-state index is 12.4. The molecule has 1 heterocycles. The third-order valence-corrected chi connectivity index (χ3v) is 5.19. The number of hydrazone groups is 1. The molecule has 1 amide bonds. The molecule has 4 rings (SSSR count). The molecular formula is C27H26N2O6. The number of carbonyl (C=O) groups is 2. The van der Waals surface area contributed by atoms with Crippen LogP contribution in [0.2, 0.25) is 0 Å². The second kappa shape index (κ2) is 10.3. The molecule has 3 aromatic rings. The monoisotopic (exact) mass is 474 g/mol. The molecule has 35 heavy (non-hydrogen) atoms. The molecule has 1 aliphatic rings. The number of esters is 1. The van der Waals surface area contributed by atoms with Crippen LogP contribution >= 0.6 is 0 Å². The van der Waals surface area contributed by atoms with Crippen LogP contribution in [0.25, 0.3) is 0 Å². The van der Waals surface area contributed by atoms with Crippen LogP contribution in [0.3, 0.4) is 0 Å². The Kier molecular flexibility index (Phi) is 7.01. The Labute approximate surface area is 203 Å². The maximum Gasteiger partial charge on any atom is 0.343 e. The Balaban J connectivity index is 1.23. The lowest BCUT2D eigenvalue weighted by molar-refractivity contribution is -0.123. The van der Waals surface area contributed by atoms with Gasteiger partial charge in [-0.2, -0.15) is 5.10 Å². The quantitative estimate of drug-likeness (QED) is 0.235. The molecule has 0 fully saturated rings. The van der Waals surface area contributed by atoms with Crippen LogP contribution < -0.4 is 24.4 Å². The molecule has 0 saturated heterocycles. The Morgan fingerprint density at radius 2 is 1.63 bits per heavy atom. The predicted molar refractivity (Wildman–Crippen MR) is 130 cm³/mol. The summed E-state index contributed by atoms with van der Waals surface area (Å²) < 4.78 is 21.4. The zero-order valence-corrected chi connectivity index (χ0v) is 19.7. The molecule has 0 atom stereocenters. The van der Waals surface area contributed by atoms with Gasteiger partial charge in [-0.15, -0.1) is 0 Å². The second-order valence-electron chi connectivity index (χ2n) is 8.88. The van der Waals surface area contributed by atoms with Crippen molar-refractivity contribution in [1.82, 2.24) is 5.43 Å². The summed E-state index contributed by atoms with van der Waals surface area (Å²) in [4.78, 5) is 24.4. The van der Waals surface area contributed by atoms with Gasteiger partial charge in [-0.1, -0.05) is 32.9 Å². The number of carbonyl (C=O) groups excluding carboxylic acids is 2. The smallest absolute Gasteiger partial charge is 0.343 e. The fraction of sp³-hybridized carbons (Fsp3) is 0.222. The summed E-state index contributed by atoms with van der Waals surface area (Å²) in [7, 11) is 0. The Morgan fingerprint density at radius 1 is 0.943 bits per heavy atom. The average Bonchev–Trinajstić information content (AvgIpc) is 3.31. The zero-order chi connectivity index (χ0) is 24.8. The fourth-order valence-corrected chi connectivity index (χ4v) is 3.22. The lowest BCUT2D eigenvalue weighted by Gasteiger charge is -2.19. The minimum atomic E-state index is -0.509. The highest BCUT2D eigenvalue weighted by Gasteiger charge is 2.17. The first-order valence-electron chi connectivity index (χ1n) is 11.0. The molecule has 0 radical (unpaired) electrons. The van der Waals surface area contributed by atoms with Gasteiger partial charge in [-0.3, -0.25) is 4.79 Å². The highest BCUT2D eigenvalue weighted by atomic mass is 16.7. The van der Waals surface area contributed by atoms with Crippen LogP contribution in [0.4, 0.5) is 0 Å². The summed E-state index contributed by atoms with van der Waals surface area (Å²) in [6.45, 7) is 6.39. The van der Waals surface area contributed by atoms with Crippen molar-refractivity contribution in [3.63, 3.8) is 0 Å². The van der Waals surface area contributed by atoms with Gasteiger partial charge in [0.05, 0.1) is 11.8 Å². The third-order valence-electron chi connectivity index (χ3n) is 5.19. The van der Waals surface area contributed by atoms with E-state index < -0.39 is 5.97 Å². The van der Waals surface area contributed by atoms with Gasteiger partial charge < -0.3 is 18.9 Å². The normalized spacial score (nSPS) is 12.4. The van der Waals surface area contributed by atoms with Crippen LogP contribution in [0.1, 0.15) is 42.3 Å². The standard InChI is InChI=1S/C27H26N2O6/c1-27(2,3)20-7-11-21(12-8-20)32-16-25(30)29-28-15-18-4-9-22(10-5-18)35-26(31)19-6-13-23-24(14-19)34-17-33-23/h4-15H,16-17H2,1-3H3,(H,29,30). The van der Waals surface area contributed by atoms with Crippen molar-refractivity contribution < 1.29 is 28.5 Å². The van der Waals surface area contributed by atoms with Crippen molar-refractivity contribution in [3.05, 3.63) is 83.4 Å². The molecule has 3 aromatic carbocycles. The topological polar surface area (TPSA) is 95.5 Å². The molecule has 8 heteroatoms. The van der Waals surface area contributed by atoms with Gasteiger partial charge in [0, 0.05) is 0 Å². The van der Waals surface area contributed by atoms with E-state index in [9.17, 15) is 9.59 Å². The summed E-state index contributed by atoms with van der Waals surface area (Å²) in [6.07, 6.45) is 1.49. The number of rotatable bonds is 7. The van der Waals surface area contributed by atoms with E-state index in [-0.39, 0.29) is 24.7 Å². The van der Waals surface area contributed by atoms with Crippen LogP contribution in [0.15, 0.2) is 71.8 Å². The summed E-state index contributed by atoms with van der Waals surface area (Å²) in [6, 6.07) is 19.2. The molecule has 180 valence electrons.